The van der Waals surface area contributed by atoms with E-state index >= 15 is 0 Å². The van der Waals surface area contributed by atoms with Crippen molar-refractivity contribution < 1.29 is 8.78 Å². The molecule has 0 saturated carbocycles. The Bertz CT molecular complexity index is 495. The first-order valence-corrected chi connectivity index (χ1v) is 4.68. The molecule has 0 spiro atoms. The van der Waals surface area contributed by atoms with E-state index in [2.05, 4.69) is 6.07 Å². The molecule has 0 saturated heterocycles. The lowest BCUT2D eigenvalue weighted by molar-refractivity contribution is 0.511. The molecule has 0 bridgehead atoms. The topological polar surface area (TPSA) is 0 Å². The van der Waals surface area contributed by atoms with Crippen molar-refractivity contribution in [3.63, 3.8) is 0 Å². The van der Waals surface area contributed by atoms with E-state index in [9.17, 15) is 8.78 Å². The van der Waals surface area contributed by atoms with Gasteiger partial charge in [0.05, 0.1) is 0 Å². The van der Waals surface area contributed by atoms with Gasteiger partial charge in [0, 0.05) is 16.1 Å². The Kier molecular flexibility index (Phi) is 2.69. The SMILES string of the molecule is Fc1cccc(-c2[c]cccc2Cl)c1F. The highest BCUT2D eigenvalue weighted by Gasteiger charge is 2.11. The number of hydrogen-bond donors (Lipinski definition) is 0. The van der Waals surface area contributed by atoms with Gasteiger partial charge in [0.15, 0.2) is 11.6 Å². The summed E-state index contributed by atoms with van der Waals surface area (Å²) in [5.41, 5.74) is 0.497. The Hall–Kier alpha value is -1.41. The minimum atomic E-state index is -0.901. The summed E-state index contributed by atoms with van der Waals surface area (Å²) in [4.78, 5) is 0. The number of halogens is 3. The van der Waals surface area contributed by atoms with Gasteiger partial charge in [-0.1, -0.05) is 35.9 Å². The Labute approximate surface area is 91.1 Å². The third kappa shape index (κ3) is 1.85. The number of rotatable bonds is 1. The molecule has 0 nitrogen and oxygen atoms in total. The molecule has 0 atom stereocenters. The van der Waals surface area contributed by atoms with Crippen molar-refractivity contribution in [2.24, 2.45) is 0 Å². The molecule has 0 aliphatic heterocycles. The largest absolute Gasteiger partial charge is 0.204 e. The van der Waals surface area contributed by atoms with Crippen LogP contribution in [0.1, 0.15) is 0 Å². The van der Waals surface area contributed by atoms with Crippen molar-refractivity contribution in [1.82, 2.24) is 0 Å². The minimum absolute atomic E-state index is 0.126. The molecule has 2 aromatic carbocycles. The monoisotopic (exact) mass is 223 g/mol. The van der Waals surface area contributed by atoms with Crippen LogP contribution in [-0.2, 0) is 0 Å². The summed E-state index contributed by atoms with van der Waals surface area (Å²) in [6.45, 7) is 0. The van der Waals surface area contributed by atoms with Crippen LogP contribution in [0.15, 0.2) is 36.4 Å². The molecule has 0 unspecified atom stereocenters. The van der Waals surface area contributed by atoms with Gasteiger partial charge in [-0.2, -0.15) is 0 Å². The molecule has 0 aromatic heterocycles. The van der Waals surface area contributed by atoms with Gasteiger partial charge in [-0.3, -0.25) is 0 Å². The average Bonchev–Trinajstić information content (AvgIpc) is 2.23. The number of benzene rings is 2. The molecule has 15 heavy (non-hydrogen) atoms. The van der Waals surface area contributed by atoms with Crippen LogP contribution in [0.25, 0.3) is 11.1 Å². The Morgan fingerprint density at radius 2 is 1.87 bits per heavy atom. The van der Waals surface area contributed by atoms with Gasteiger partial charge in [0.2, 0.25) is 0 Å². The maximum atomic E-state index is 13.4. The van der Waals surface area contributed by atoms with E-state index in [1.54, 1.807) is 18.2 Å². The van der Waals surface area contributed by atoms with E-state index in [4.69, 9.17) is 11.6 Å². The van der Waals surface area contributed by atoms with Gasteiger partial charge >= 0.3 is 0 Å². The first kappa shape index (κ1) is 10.1. The van der Waals surface area contributed by atoms with Gasteiger partial charge in [-0.05, 0) is 18.2 Å². The smallest absolute Gasteiger partial charge is 0.166 e. The quantitative estimate of drug-likeness (QED) is 0.683. The standard InChI is InChI=1S/C12H6ClF2/c13-10-6-2-1-4-8(10)9-5-3-7-11(14)12(9)15/h1-3,5-7H. The van der Waals surface area contributed by atoms with Crippen LogP contribution in [-0.4, -0.2) is 0 Å². The maximum Gasteiger partial charge on any atom is 0.166 e. The Morgan fingerprint density at radius 1 is 1.07 bits per heavy atom. The Morgan fingerprint density at radius 3 is 2.60 bits per heavy atom. The van der Waals surface area contributed by atoms with Gasteiger partial charge in [0.1, 0.15) is 0 Å². The summed E-state index contributed by atoms with van der Waals surface area (Å²) < 4.78 is 26.4. The number of hydrogen-bond acceptors (Lipinski definition) is 0. The summed E-state index contributed by atoms with van der Waals surface area (Å²) >= 11 is 5.86. The predicted octanol–water partition coefficient (Wildman–Crippen LogP) is 4.09. The van der Waals surface area contributed by atoms with E-state index < -0.39 is 11.6 Å². The van der Waals surface area contributed by atoms with Crippen LogP contribution < -0.4 is 0 Å². The second-order valence-corrected chi connectivity index (χ2v) is 3.40. The zero-order chi connectivity index (χ0) is 10.8. The van der Waals surface area contributed by atoms with E-state index in [1.807, 2.05) is 0 Å². The fourth-order valence-electron chi connectivity index (χ4n) is 1.32. The lowest BCUT2D eigenvalue weighted by Crippen LogP contribution is -1.89. The van der Waals surface area contributed by atoms with E-state index in [0.29, 0.717) is 10.6 Å². The Balaban J connectivity index is 2.65. The van der Waals surface area contributed by atoms with Crippen molar-refractivity contribution in [2.75, 3.05) is 0 Å². The average molecular weight is 224 g/mol. The third-order valence-electron chi connectivity index (χ3n) is 2.03. The zero-order valence-corrected chi connectivity index (χ0v) is 8.35. The van der Waals surface area contributed by atoms with Gasteiger partial charge in [0.25, 0.3) is 0 Å². The zero-order valence-electron chi connectivity index (χ0n) is 7.60. The highest BCUT2D eigenvalue weighted by Crippen LogP contribution is 2.29. The minimum Gasteiger partial charge on any atom is -0.204 e. The lowest BCUT2D eigenvalue weighted by atomic mass is 10.1. The second kappa shape index (κ2) is 3.99. The summed E-state index contributed by atoms with van der Waals surface area (Å²) in [7, 11) is 0. The molecule has 75 valence electrons. The first-order chi connectivity index (χ1) is 7.20. The molecule has 3 heteroatoms. The molecule has 2 rings (SSSR count). The molecule has 2 aromatic rings. The maximum absolute atomic E-state index is 13.4. The summed E-state index contributed by atoms with van der Waals surface area (Å²) in [5, 5.41) is 0.349. The summed E-state index contributed by atoms with van der Waals surface area (Å²) in [6.07, 6.45) is 0. The summed E-state index contributed by atoms with van der Waals surface area (Å²) in [5.74, 6) is -1.79. The molecule has 0 aliphatic rings. The van der Waals surface area contributed by atoms with Crippen LogP contribution in [0.3, 0.4) is 0 Å². The van der Waals surface area contributed by atoms with Crippen LogP contribution >= 0.6 is 11.6 Å². The predicted molar refractivity (Wildman–Crippen MR) is 55.6 cm³/mol. The normalized spacial score (nSPS) is 10.3. The van der Waals surface area contributed by atoms with E-state index in [-0.39, 0.29) is 5.56 Å². The van der Waals surface area contributed by atoms with Crippen LogP contribution in [0.2, 0.25) is 5.02 Å². The molecule has 1 radical (unpaired) electrons. The van der Waals surface area contributed by atoms with Gasteiger partial charge in [-0.15, -0.1) is 0 Å². The van der Waals surface area contributed by atoms with E-state index in [0.717, 1.165) is 6.07 Å². The molecular weight excluding hydrogens is 218 g/mol. The molecule has 0 N–H and O–H groups in total. The van der Waals surface area contributed by atoms with Crippen molar-refractivity contribution in [1.29, 1.82) is 0 Å². The van der Waals surface area contributed by atoms with E-state index in [1.165, 1.54) is 12.1 Å². The fraction of sp³-hybridized carbons (Fsp3) is 0. The lowest BCUT2D eigenvalue weighted by Gasteiger charge is -2.05. The molecular formula is C12H6ClF2. The molecule has 0 heterocycles. The second-order valence-electron chi connectivity index (χ2n) is 2.99. The molecule has 0 amide bonds. The van der Waals surface area contributed by atoms with Gasteiger partial charge < -0.3 is 0 Å². The third-order valence-corrected chi connectivity index (χ3v) is 2.34. The van der Waals surface area contributed by atoms with Crippen molar-refractivity contribution in [2.45, 2.75) is 0 Å². The summed E-state index contributed by atoms with van der Waals surface area (Å²) in [6, 6.07) is 11.6. The van der Waals surface area contributed by atoms with Gasteiger partial charge in [-0.25, -0.2) is 8.78 Å². The van der Waals surface area contributed by atoms with Crippen LogP contribution in [0.5, 0.6) is 0 Å². The highest BCUT2D eigenvalue weighted by molar-refractivity contribution is 6.33. The first-order valence-electron chi connectivity index (χ1n) is 4.30. The van der Waals surface area contributed by atoms with Crippen molar-refractivity contribution >= 4 is 11.6 Å². The molecule has 0 fully saturated rings. The molecule has 0 aliphatic carbocycles. The van der Waals surface area contributed by atoms with Crippen LogP contribution in [0, 0.1) is 17.7 Å². The van der Waals surface area contributed by atoms with Crippen LogP contribution in [0.4, 0.5) is 8.78 Å². The van der Waals surface area contributed by atoms with Crippen molar-refractivity contribution in [3.05, 3.63) is 59.1 Å². The fourth-order valence-corrected chi connectivity index (χ4v) is 1.55. The van der Waals surface area contributed by atoms with Crippen molar-refractivity contribution in [3.8, 4) is 11.1 Å². The highest BCUT2D eigenvalue weighted by atomic mass is 35.5.